The standard InChI is InChI=1S/C20H30N2O5/c1-20(2,3)27-19(25)21-17(18(23)24)15-7-9-16(10-8-15)26-14-13-22-11-5-4-6-12-22/h7-10,17H,4-6,11-14H2,1-3H3,(H,21,25)(H,23,24). The van der Waals surface area contributed by atoms with Gasteiger partial charge < -0.3 is 19.9 Å². The van der Waals surface area contributed by atoms with Gasteiger partial charge in [-0.05, 0) is 64.4 Å². The summed E-state index contributed by atoms with van der Waals surface area (Å²) in [5, 5.41) is 11.8. The molecular weight excluding hydrogens is 348 g/mol. The number of hydrogen-bond acceptors (Lipinski definition) is 5. The first-order valence-corrected chi connectivity index (χ1v) is 9.42. The number of carbonyl (C=O) groups is 2. The number of likely N-dealkylation sites (tertiary alicyclic amines) is 1. The van der Waals surface area contributed by atoms with Crippen LogP contribution in [0.3, 0.4) is 0 Å². The zero-order valence-electron chi connectivity index (χ0n) is 16.4. The lowest BCUT2D eigenvalue weighted by molar-refractivity contribution is -0.139. The van der Waals surface area contributed by atoms with Crippen molar-refractivity contribution in [3.05, 3.63) is 29.8 Å². The molecule has 1 aromatic rings. The molecule has 1 unspecified atom stereocenters. The lowest BCUT2D eigenvalue weighted by Gasteiger charge is -2.26. The largest absolute Gasteiger partial charge is 0.492 e. The van der Waals surface area contributed by atoms with E-state index in [1.54, 1.807) is 45.0 Å². The second-order valence-electron chi connectivity index (χ2n) is 7.74. The van der Waals surface area contributed by atoms with E-state index in [0.29, 0.717) is 17.9 Å². The predicted molar refractivity (Wildman–Crippen MR) is 102 cm³/mol. The van der Waals surface area contributed by atoms with Crippen LogP contribution in [0.5, 0.6) is 5.75 Å². The number of rotatable bonds is 7. The minimum absolute atomic E-state index is 0.455. The number of nitrogens with one attached hydrogen (secondary N) is 1. The maximum absolute atomic E-state index is 11.9. The van der Waals surface area contributed by atoms with Gasteiger partial charge in [-0.1, -0.05) is 18.6 Å². The van der Waals surface area contributed by atoms with E-state index in [-0.39, 0.29) is 0 Å². The van der Waals surface area contributed by atoms with Crippen LogP contribution in [0.4, 0.5) is 4.79 Å². The van der Waals surface area contributed by atoms with E-state index in [4.69, 9.17) is 9.47 Å². The number of hydrogen-bond donors (Lipinski definition) is 2. The summed E-state index contributed by atoms with van der Waals surface area (Å²) in [5.74, 6) is -0.475. The predicted octanol–water partition coefficient (Wildman–Crippen LogP) is 3.20. The molecule has 2 N–H and O–H groups in total. The summed E-state index contributed by atoms with van der Waals surface area (Å²) >= 11 is 0. The molecule has 7 nitrogen and oxygen atoms in total. The molecule has 2 rings (SSSR count). The number of aliphatic carboxylic acids is 1. The number of alkyl carbamates (subject to hydrolysis) is 1. The molecule has 150 valence electrons. The van der Waals surface area contributed by atoms with Crippen LogP contribution in [-0.2, 0) is 9.53 Å². The van der Waals surface area contributed by atoms with Crippen LogP contribution < -0.4 is 10.1 Å². The molecule has 1 aromatic carbocycles. The molecule has 27 heavy (non-hydrogen) atoms. The quantitative estimate of drug-likeness (QED) is 0.757. The minimum Gasteiger partial charge on any atom is -0.492 e. The highest BCUT2D eigenvalue weighted by Crippen LogP contribution is 2.19. The third-order valence-electron chi connectivity index (χ3n) is 4.25. The highest BCUT2D eigenvalue weighted by molar-refractivity contribution is 5.81. The first-order valence-electron chi connectivity index (χ1n) is 9.42. The smallest absolute Gasteiger partial charge is 0.408 e. The summed E-state index contributed by atoms with van der Waals surface area (Å²) in [4.78, 5) is 25.8. The Morgan fingerprint density at radius 1 is 1.15 bits per heavy atom. The first-order chi connectivity index (χ1) is 12.7. The van der Waals surface area contributed by atoms with Crippen LogP contribution in [0.25, 0.3) is 0 Å². The first kappa shape index (κ1) is 21.0. The molecule has 1 heterocycles. The normalized spacial score (nSPS) is 16.4. The van der Waals surface area contributed by atoms with Crippen molar-refractivity contribution < 1.29 is 24.2 Å². The summed E-state index contributed by atoms with van der Waals surface area (Å²) in [6.07, 6.45) is 3.03. The van der Waals surface area contributed by atoms with E-state index in [2.05, 4.69) is 10.2 Å². The third kappa shape index (κ3) is 7.46. The van der Waals surface area contributed by atoms with Crippen molar-refractivity contribution in [1.29, 1.82) is 0 Å². The molecule has 1 aliphatic rings. The van der Waals surface area contributed by atoms with Gasteiger partial charge in [0.2, 0.25) is 0 Å². The molecule has 0 spiro atoms. The SMILES string of the molecule is CC(C)(C)OC(=O)NC(C(=O)O)c1ccc(OCCN2CCCCC2)cc1. The Hall–Kier alpha value is -2.28. The fourth-order valence-electron chi connectivity index (χ4n) is 2.95. The van der Waals surface area contributed by atoms with E-state index in [0.717, 1.165) is 19.6 Å². The van der Waals surface area contributed by atoms with Gasteiger partial charge in [0.1, 0.15) is 18.0 Å². The van der Waals surface area contributed by atoms with Crippen molar-refractivity contribution in [2.45, 2.75) is 51.7 Å². The number of carboxylic acids is 1. The monoisotopic (exact) mass is 378 g/mol. The molecule has 0 saturated carbocycles. The summed E-state index contributed by atoms with van der Waals surface area (Å²) in [5.41, 5.74) is -0.240. The highest BCUT2D eigenvalue weighted by atomic mass is 16.6. The van der Waals surface area contributed by atoms with Crippen molar-refractivity contribution in [1.82, 2.24) is 10.2 Å². The minimum atomic E-state index is -1.18. The van der Waals surface area contributed by atoms with Gasteiger partial charge in [0, 0.05) is 6.54 Å². The lowest BCUT2D eigenvalue weighted by Crippen LogP contribution is -2.38. The molecule has 7 heteroatoms. The second kappa shape index (κ2) is 9.60. The number of piperidine rings is 1. The van der Waals surface area contributed by atoms with Crippen molar-refractivity contribution in [2.75, 3.05) is 26.2 Å². The Labute approximate surface area is 160 Å². The van der Waals surface area contributed by atoms with Gasteiger partial charge in [0.25, 0.3) is 0 Å². The number of carbonyl (C=O) groups excluding carboxylic acids is 1. The van der Waals surface area contributed by atoms with Crippen LogP contribution in [0.15, 0.2) is 24.3 Å². The van der Waals surface area contributed by atoms with Crippen molar-refractivity contribution in [2.24, 2.45) is 0 Å². The lowest BCUT2D eigenvalue weighted by atomic mass is 10.1. The van der Waals surface area contributed by atoms with E-state index in [1.807, 2.05) is 0 Å². The van der Waals surface area contributed by atoms with Crippen LogP contribution in [0.1, 0.15) is 51.6 Å². The summed E-state index contributed by atoms with van der Waals surface area (Å²) in [6, 6.07) is 5.55. The van der Waals surface area contributed by atoms with Gasteiger partial charge in [0.15, 0.2) is 6.04 Å². The van der Waals surface area contributed by atoms with Gasteiger partial charge in [-0.2, -0.15) is 0 Å². The van der Waals surface area contributed by atoms with Gasteiger partial charge >= 0.3 is 12.1 Å². The summed E-state index contributed by atoms with van der Waals surface area (Å²) in [6.45, 7) is 8.89. The Kier molecular flexibility index (Phi) is 7.47. The molecule has 0 aromatic heterocycles. The molecule has 0 radical (unpaired) electrons. The van der Waals surface area contributed by atoms with E-state index < -0.39 is 23.7 Å². The molecular formula is C20H30N2O5. The van der Waals surface area contributed by atoms with Gasteiger partial charge in [-0.3, -0.25) is 4.90 Å². The Morgan fingerprint density at radius 3 is 2.33 bits per heavy atom. The molecule has 1 saturated heterocycles. The molecule has 1 atom stereocenters. The topological polar surface area (TPSA) is 88.1 Å². The Balaban J connectivity index is 1.88. The second-order valence-corrected chi connectivity index (χ2v) is 7.74. The molecule has 0 aliphatic carbocycles. The average Bonchev–Trinajstić information content (AvgIpc) is 2.60. The van der Waals surface area contributed by atoms with E-state index >= 15 is 0 Å². The average molecular weight is 378 g/mol. The van der Waals surface area contributed by atoms with E-state index in [1.165, 1.54) is 19.3 Å². The van der Waals surface area contributed by atoms with Crippen LogP contribution in [-0.4, -0.2) is 53.9 Å². The Bertz CT molecular complexity index is 618. The van der Waals surface area contributed by atoms with Crippen molar-refractivity contribution >= 4 is 12.1 Å². The summed E-state index contributed by atoms with van der Waals surface area (Å²) < 4.78 is 10.9. The number of carboxylic acid groups (broad SMARTS) is 1. The zero-order chi connectivity index (χ0) is 19.9. The maximum atomic E-state index is 11.9. The van der Waals surface area contributed by atoms with Crippen LogP contribution in [0.2, 0.25) is 0 Å². The molecule has 1 aliphatic heterocycles. The zero-order valence-corrected chi connectivity index (χ0v) is 16.4. The van der Waals surface area contributed by atoms with Crippen molar-refractivity contribution in [3.63, 3.8) is 0 Å². The number of nitrogens with zero attached hydrogens (tertiary/aromatic N) is 1. The Morgan fingerprint density at radius 2 is 1.78 bits per heavy atom. The van der Waals surface area contributed by atoms with Crippen molar-refractivity contribution in [3.8, 4) is 5.75 Å². The highest BCUT2D eigenvalue weighted by Gasteiger charge is 2.25. The number of benzene rings is 1. The molecule has 1 amide bonds. The van der Waals surface area contributed by atoms with Gasteiger partial charge in [-0.25, -0.2) is 9.59 Å². The summed E-state index contributed by atoms with van der Waals surface area (Å²) in [7, 11) is 0. The third-order valence-corrected chi connectivity index (χ3v) is 4.25. The molecule has 0 bridgehead atoms. The maximum Gasteiger partial charge on any atom is 0.408 e. The van der Waals surface area contributed by atoms with Gasteiger partial charge in [-0.15, -0.1) is 0 Å². The number of ether oxygens (including phenoxy) is 2. The van der Waals surface area contributed by atoms with Gasteiger partial charge in [0.05, 0.1) is 0 Å². The fourth-order valence-corrected chi connectivity index (χ4v) is 2.95. The number of amides is 1. The fraction of sp³-hybridized carbons (Fsp3) is 0.600. The molecule has 1 fully saturated rings. The van der Waals surface area contributed by atoms with E-state index in [9.17, 15) is 14.7 Å². The van der Waals surface area contributed by atoms with Crippen LogP contribution in [0, 0.1) is 0 Å². The van der Waals surface area contributed by atoms with Crippen LogP contribution >= 0.6 is 0 Å².